The fraction of sp³-hybridized carbons (Fsp3) is 0.308. The lowest BCUT2D eigenvalue weighted by molar-refractivity contribution is 0.668. The first kappa shape index (κ1) is 18.1. The number of aromatic nitrogens is 2. The van der Waals surface area contributed by atoms with Crippen molar-refractivity contribution >= 4 is 16.5 Å². The molecule has 0 aliphatic heterocycles. The van der Waals surface area contributed by atoms with Crippen LogP contribution in [0.4, 0.5) is 0 Å². The highest BCUT2D eigenvalue weighted by Crippen LogP contribution is 2.30. The van der Waals surface area contributed by atoms with Crippen LogP contribution in [-0.2, 0) is 19.3 Å². The Hall–Kier alpha value is -2.94. The van der Waals surface area contributed by atoms with E-state index in [0.717, 1.165) is 65.4 Å². The summed E-state index contributed by atoms with van der Waals surface area (Å²) in [4.78, 5) is 18.5. The molecule has 0 atom stereocenters. The van der Waals surface area contributed by atoms with Crippen LogP contribution in [0.1, 0.15) is 49.6 Å². The van der Waals surface area contributed by atoms with Crippen LogP contribution in [0.25, 0.3) is 27.6 Å². The smallest absolute Gasteiger partial charge is 0.263 e. The van der Waals surface area contributed by atoms with E-state index in [4.69, 9.17) is 4.98 Å². The largest absolute Gasteiger partial charge is 0.281 e. The van der Waals surface area contributed by atoms with Crippen LogP contribution in [0.2, 0.25) is 0 Å². The van der Waals surface area contributed by atoms with Crippen molar-refractivity contribution in [2.75, 3.05) is 0 Å². The lowest BCUT2D eigenvalue weighted by Gasteiger charge is -2.19. The molecule has 0 unspecified atom stereocenters. The molecule has 0 saturated carbocycles. The van der Waals surface area contributed by atoms with Crippen LogP contribution < -0.4 is 5.56 Å². The number of fused-ring (bicyclic) bond motifs is 2. The van der Waals surface area contributed by atoms with Crippen molar-refractivity contribution in [1.29, 1.82) is 0 Å². The lowest BCUT2D eigenvalue weighted by atomic mass is 9.92. The van der Waals surface area contributed by atoms with Crippen molar-refractivity contribution in [2.45, 2.75) is 51.9 Å². The Morgan fingerprint density at radius 1 is 1.10 bits per heavy atom. The third kappa shape index (κ3) is 3.15. The lowest BCUT2D eigenvalue weighted by Crippen LogP contribution is -2.23. The van der Waals surface area contributed by atoms with Crippen LogP contribution in [0.15, 0.2) is 59.6 Å². The van der Waals surface area contributed by atoms with Crippen LogP contribution in [-0.4, -0.2) is 9.55 Å². The van der Waals surface area contributed by atoms with Crippen LogP contribution >= 0.6 is 0 Å². The number of rotatable bonds is 3. The monoisotopic (exact) mass is 382 g/mol. The molecule has 0 radical (unpaired) electrons. The first-order valence-electron chi connectivity index (χ1n) is 10.8. The van der Waals surface area contributed by atoms with Crippen molar-refractivity contribution in [3.8, 4) is 11.1 Å². The molecule has 0 spiro atoms. The van der Waals surface area contributed by atoms with Gasteiger partial charge in [0.1, 0.15) is 0 Å². The van der Waals surface area contributed by atoms with Gasteiger partial charge < -0.3 is 0 Å². The summed E-state index contributed by atoms with van der Waals surface area (Å²) in [6.45, 7) is 2.11. The third-order valence-electron chi connectivity index (χ3n) is 6.20. The minimum atomic E-state index is 0.0745. The van der Waals surface area contributed by atoms with Crippen molar-refractivity contribution in [3.05, 3.63) is 82.1 Å². The van der Waals surface area contributed by atoms with Gasteiger partial charge in [-0.15, -0.1) is 0 Å². The maximum atomic E-state index is 13.8. The fourth-order valence-corrected chi connectivity index (χ4v) is 4.70. The molecule has 0 N–H and O–H groups in total. The molecule has 1 aromatic carbocycles. The Balaban J connectivity index is 1.76. The highest BCUT2D eigenvalue weighted by molar-refractivity contribution is 5.96. The van der Waals surface area contributed by atoms with Crippen LogP contribution in [0, 0.1) is 0 Å². The summed E-state index contributed by atoms with van der Waals surface area (Å²) in [6, 6.07) is 10.6. The summed E-state index contributed by atoms with van der Waals surface area (Å²) in [5.41, 5.74) is 6.74. The maximum Gasteiger partial charge on any atom is 0.263 e. The number of hydrogen-bond acceptors (Lipinski definition) is 2. The number of benzene rings is 1. The standard InChI is InChI=1S/C26H26N2O/c1-2-21-16-19-10-8-13-23(20-15-18-9-6-7-14-24(18)27-17-20)25(19)26(29)28(21)22-11-4-3-5-12-22/h4,8,10-13,15-17H,2-3,5-7,9,14H2,1H3. The average Bonchev–Trinajstić information content (AvgIpc) is 2.78. The third-order valence-corrected chi connectivity index (χ3v) is 6.20. The van der Waals surface area contributed by atoms with Gasteiger partial charge in [-0.05, 0) is 79.7 Å². The van der Waals surface area contributed by atoms with E-state index in [1.165, 1.54) is 24.1 Å². The second kappa shape index (κ2) is 7.47. The van der Waals surface area contributed by atoms with Gasteiger partial charge in [0.25, 0.3) is 5.56 Å². The zero-order valence-electron chi connectivity index (χ0n) is 16.9. The van der Waals surface area contributed by atoms with Crippen molar-refractivity contribution in [1.82, 2.24) is 9.55 Å². The van der Waals surface area contributed by atoms with E-state index in [2.05, 4.69) is 55.5 Å². The summed E-state index contributed by atoms with van der Waals surface area (Å²) in [7, 11) is 0. The number of hydrogen-bond donors (Lipinski definition) is 0. The molecular formula is C26H26N2O. The predicted molar refractivity (Wildman–Crippen MR) is 120 cm³/mol. The van der Waals surface area contributed by atoms with Gasteiger partial charge in [-0.25, -0.2) is 0 Å². The van der Waals surface area contributed by atoms with Gasteiger partial charge in [-0.3, -0.25) is 14.3 Å². The Labute approximate surface area is 171 Å². The molecule has 3 heteroatoms. The summed E-state index contributed by atoms with van der Waals surface area (Å²) in [5.74, 6) is 0. The molecule has 0 amide bonds. The highest BCUT2D eigenvalue weighted by Gasteiger charge is 2.17. The van der Waals surface area contributed by atoms with Crippen LogP contribution in [0.5, 0.6) is 0 Å². The molecule has 146 valence electrons. The Bertz CT molecular complexity index is 1210. The first-order valence-corrected chi connectivity index (χ1v) is 10.8. The molecule has 0 bridgehead atoms. The second-order valence-electron chi connectivity index (χ2n) is 8.05. The molecule has 0 saturated heterocycles. The Morgan fingerprint density at radius 2 is 2.00 bits per heavy atom. The highest BCUT2D eigenvalue weighted by atomic mass is 16.1. The quantitative estimate of drug-likeness (QED) is 0.583. The summed E-state index contributed by atoms with van der Waals surface area (Å²) in [5, 5.41) is 1.81. The molecule has 2 aliphatic rings. The zero-order valence-corrected chi connectivity index (χ0v) is 16.9. The topological polar surface area (TPSA) is 34.9 Å². The summed E-state index contributed by atoms with van der Waals surface area (Å²) >= 11 is 0. The Morgan fingerprint density at radius 3 is 2.83 bits per heavy atom. The number of allylic oxidation sites excluding steroid dienone is 4. The van der Waals surface area contributed by atoms with Crippen LogP contribution in [0.3, 0.4) is 0 Å². The van der Waals surface area contributed by atoms with Gasteiger partial charge in [0, 0.05) is 28.8 Å². The number of pyridine rings is 2. The SMILES string of the molecule is CCc1cc2cccc(-c3cnc4c(c3)CCCC4)c2c(=O)n1C1=CCCC=C1. The molecule has 0 fully saturated rings. The van der Waals surface area contributed by atoms with Gasteiger partial charge in [0.05, 0.1) is 5.39 Å². The molecule has 3 aromatic rings. The average molecular weight is 383 g/mol. The van der Waals surface area contributed by atoms with Crippen molar-refractivity contribution in [2.24, 2.45) is 0 Å². The van der Waals surface area contributed by atoms with E-state index in [0.29, 0.717) is 0 Å². The molecule has 2 heterocycles. The van der Waals surface area contributed by atoms with Gasteiger partial charge in [0.2, 0.25) is 0 Å². The van der Waals surface area contributed by atoms with E-state index in [1.807, 2.05) is 10.8 Å². The van der Waals surface area contributed by atoms with E-state index in [1.54, 1.807) is 0 Å². The summed E-state index contributed by atoms with van der Waals surface area (Å²) < 4.78 is 1.91. The van der Waals surface area contributed by atoms with Gasteiger partial charge in [-0.2, -0.15) is 0 Å². The maximum absolute atomic E-state index is 13.8. The molecule has 29 heavy (non-hydrogen) atoms. The van der Waals surface area contributed by atoms with E-state index in [9.17, 15) is 4.79 Å². The van der Waals surface area contributed by atoms with Crippen molar-refractivity contribution in [3.63, 3.8) is 0 Å². The Kier molecular flexibility index (Phi) is 4.67. The molecule has 2 aromatic heterocycles. The second-order valence-corrected chi connectivity index (χ2v) is 8.05. The normalized spacial score (nSPS) is 16.0. The predicted octanol–water partition coefficient (Wildman–Crippen LogP) is 5.70. The van der Waals surface area contributed by atoms with E-state index in [-0.39, 0.29) is 5.56 Å². The van der Waals surface area contributed by atoms with E-state index < -0.39 is 0 Å². The van der Waals surface area contributed by atoms with Gasteiger partial charge >= 0.3 is 0 Å². The molecule has 5 rings (SSSR count). The molecule has 2 aliphatic carbocycles. The summed E-state index contributed by atoms with van der Waals surface area (Å²) in [6.07, 6.45) is 15.8. The number of aryl methyl sites for hydroxylation is 3. The fourth-order valence-electron chi connectivity index (χ4n) is 4.70. The van der Waals surface area contributed by atoms with Gasteiger partial charge in [0.15, 0.2) is 0 Å². The number of nitrogens with zero attached hydrogens (tertiary/aromatic N) is 2. The molecular weight excluding hydrogens is 356 g/mol. The minimum Gasteiger partial charge on any atom is -0.281 e. The molecule has 3 nitrogen and oxygen atoms in total. The zero-order chi connectivity index (χ0) is 19.8. The first-order chi connectivity index (χ1) is 14.3. The van der Waals surface area contributed by atoms with Gasteiger partial charge in [-0.1, -0.05) is 37.3 Å². The van der Waals surface area contributed by atoms with E-state index >= 15 is 0 Å². The minimum absolute atomic E-state index is 0.0745. The van der Waals surface area contributed by atoms with Crippen molar-refractivity contribution < 1.29 is 0 Å².